The molecule has 5 heteroatoms. The van der Waals surface area contributed by atoms with Gasteiger partial charge in [0.05, 0.1) is 0 Å². The third kappa shape index (κ3) is 3.53. The molecule has 4 aliphatic carbocycles. The molecule has 1 atom stereocenters. The zero-order valence-electron chi connectivity index (χ0n) is 16.6. The van der Waals surface area contributed by atoms with Crippen molar-refractivity contribution in [3.05, 3.63) is 40.6 Å². The highest BCUT2D eigenvalue weighted by Crippen LogP contribution is 2.61. The predicted octanol–water partition coefficient (Wildman–Crippen LogP) is 5.19. The second-order valence-electron chi connectivity index (χ2n) is 9.20. The molecule has 28 heavy (non-hydrogen) atoms. The van der Waals surface area contributed by atoms with Gasteiger partial charge in [0.1, 0.15) is 11.6 Å². The van der Waals surface area contributed by atoms with Gasteiger partial charge in [-0.1, -0.05) is 17.7 Å². The molecule has 148 valence electrons. The molecule has 0 saturated heterocycles. The number of amides is 1. The number of carbonyl (C=O) groups is 1. The maximum atomic E-state index is 12.6. The number of benzene rings is 1. The van der Waals surface area contributed by atoms with E-state index < -0.39 is 5.91 Å². The van der Waals surface area contributed by atoms with Crippen LogP contribution in [0, 0.1) is 41.4 Å². The first-order chi connectivity index (χ1) is 13.4. The van der Waals surface area contributed by atoms with Gasteiger partial charge in [0.15, 0.2) is 0 Å². The van der Waals surface area contributed by atoms with Crippen molar-refractivity contribution < 1.29 is 4.79 Å². The first-order valence-electron chi connectivity index (χ1n) is 10.3. The van der Waals surface area contributed by atoms with Crippen LogP contribution in [0.15, 0.2) is 30.0 Å². The lowest BCUT2D eigenvalue weighted by atomic mass is 9.48. The summed E-state index contributed by atoms with van der Waals surface area (Å²) < 4.78 is 0. The Morgan fingerprint density at radius 2 is 1.86 bits per heavy atom. The summed E-state index contributed by atoms with van der Waals surface area (Å²) in [6.45, 7) is 4.07. The van der Waals surface area contributed by atoms with E-state index in [9.17, 15) is 10.1 Å². The van der Waals surface area contributed by atoms with Crippen LogP contribution in [0.5, 0.6) is 0 Å². The summed E-state index contributed by atoms with van der Waals surface area (Å²) in [6, 6.07) is 7.66. The maximum Gasteiger partial charge on any atom is 0.267 e. The molecule has 0 spiro atoms. The lowest BCUT2D eigenvalue weighted by Gasteiger charge is -2.59. The quantitative estimate of drug-likeness (QED) is 0.530. The molecule has 4 fully saturated rings. The first kappa shape index (κ1) is 19.3. The van der Waals surface area contributed by atoms with Gasteiger partial charge in [-0.2, -0.15) is 5.26 Å². The summed E-state index contributed by atoms with van der Waals surface area (Å²) in [5.41, 5.74) is 1.85. The molecule has 4 nitrogen and oxygen atoms in total. The number of nitrogens with one attached hydrogen (secondary N) is 2. The number of rotatable bonds is 5. The van der Waals surface area contributed by atoms with Crippen LogP contribution in [0.2, 0.25) is 5.02 Å². The van der Waals surface area contributed by atoms with E-state index in [0.717, 1.165) is 23.3 Å². The van der Waals surface area contributed by atoms with Crippen LogP contribution < -0.4 is 10.6 Å². The van der Waals surface area contributed by atoms with E-state index in [1.165, 1.54) is 38.5 Å². The van der Waals surface area contributed by atoms with Crippen LogP contribution in [0.25, 0.3) is 0 Å². The minimum Gasteiger partial charge on any atom is -0.387 e. The van der Waals surface area contributed by atoms with Gasteiger partial charge >= 0.3 is 0 Å². The monoisotopic (exact) mass is 397 g/mol. The number of carbonyl (C=O) groups excluding carboxylic acids is 1. The average Bonchev–Trinajstić information content (AvgIpc) is 2.64. The van der Waals surface area contributed by atoms with Crippen molar-refractivity contribution in [2.75, 3.05) is 5.32 Å². The van der Waals surface area contributed by atoms with E-state index in [-0.39, 0.29) is 11.6 Å². The van der Waals surface area contributed by atoms with Gasteiger partial charge in [0, 0.05) is 23.0 Å². The van der Waals surface area contributed by atoms with Crippen molar-refractivity contribution in [3.63, 3.8) is 0 Å². The second-order valence-corrected chi connectivity index (χ2v) is 9.61. The van der Waals surface area contributed by atoms with Crippen LogP contribution >= 0.6 is 11.6 Å². The highest BCUT2D eigenvalue weighted by Gasteiger charge is 2.53. The van der Waals surface area contributed by atoms with Crippen LogP contribution in [0.4, 0.5) is 5.69 Å². The van der Waals surface area contributed by atoms with E-state index in [0.29, 0.717) is 16.1 Å². The molecule has 1 aromatic carbocycles. The molecule has 4 saturated carbocycles. The first-order valence-corrected chi connectivity index (χ1v) is 10.7. The van der Waals surface area contributed by atoms with Crippen LogP contribution in [-0.2, 0) is 4.79 Å². The van der Waals surface area contributed by atoms with E-state index in [4.69, 9.17) is 11.6 Å². The van der Waals surface area contributed by atoms with Crippen molar-refractivity contribution in [3.8, 4) is 6.07 Å². The van der Waals surface area contributed by atoms with Gasteiger partial charge in [-0.15, -0.1) is 0 Å². The lowest BCUT2D eigenvalue weighted by Crippen LogP contribution is -2.54. The van der Waals surface area contributed by atoms with Gasteiger partial charge in [0.2, 0.25) is 0 Å². The fourth-order valence-corrected chi connectivity index (χ4v) is 6.35. The number of anilines is 1. The van der Waals surface area contributed by atoms with Gasteiger partial charge in [-0.25, -0.2) is 0 Å². The Bertz CT molecular complexity index is 819. The molecule has 0 aromatic heterocycles. The summed E-state index contributed by atoms with van der Waals surface area (Å²) in [4.78, 5) is 12.6. The molecular weight excluding hydrogens is 370 g/mol. The standard InChI is InChI=1S/C23H28ClN3O/c1-14-20(24)4-3-5-21(14)27-22(28)19(12-25)13-26-15(2)23-9-16-6-17(10-23)8-18(7-16)11-23/h3-5,13,15-18,26H,6-11H2,1-2H3,(H,27,28)/b19-13-. The van der Waals surface area contributed by atoms with E-state index in [2.05, 4.69) is 17.6 Å². The number of nitrogens with zero attached hydrogens (tertiary/aromatic N) is 1. The molecule has 4 aliphatic rings. The minimum atomic E-state index is -0.405. The number of hydrogen-bond acceptors (Lipinski definition) is 3. The third-order valence-corrected chi connectivity index (χ3v) is 7.77. The van der Waals surface area contributed by atoms with Crippen molar-refractivity contribution in [1.29, 1.82) is 5.26 Å². The van der Waals surface area contributed by atoms with Crippen molar-refractivity contribution >= 4 is 23.2 Å². The number of nitriles is 1. The Kier molecular flexibility index (Phi) is 5.14. The van der Waals surface area contributed by atoms with Crippen LogP contribution in [0.3, 0.4) is 0 Å². The average molecular weight is 398 g/mol. The Balaban J connectivity index is 1.44. The topological polar surface area (TPSA) is 64.9 Å². The molecule has 2 N–H and O–H groups in total. The van der Waals surface area contributed by atoms with E-state index in [1.54, 1.807) is 24.4 Å². The Morgan fingerprint density at radius 3 is 2.43 bits per heavy atom. The largest absolute Gasteiger partial charge is 0.387 e. The van der Waals surface area contributed by atoms with Gasteiger partial charge in [-0.3, -0.25) is 4.79 Å². The lowest BCUT2D eigenvalue weighted by molar-refractivity contribution is -0.112. The highest BCUT2D eigenvalue weighted by atomic mass is 35.5. The molecule has 5 rings (SSSR count). The Morgan fingerprint density at radius 1 is 1.25 bits per heavy atom. The highest BCUT2D eigenvalue weighted by molar-refractivity contribution is 6.31. The molecule has 0 heterocycles. The molecule has 1 unspecified atom stereocenters. The third-order valence-electron chi connectivity index (χ3n) is 7.36. The predicted molar refractivity (Wildman–Crippen MR) is 112 cm³/mol. The van der Waals surface area contributed by atoms with Crippen LogP contribution in [-0.4, -0.2) is 11.9 Å². The van der Waals surface area contributed by atoms with Crippen molar-refractivity contribution in [1.82, 2.24) is 5.32 Å². The zero-order valence-corrected chi connectivity index (χ0v) is 17.4. The molecule has 0 radical (unpaired) electrons. The summed E-state index contributed by atoms with van der Waals surface area (Å²) in [7, 11) is 0. The van der Waals surface area contributed by atoms with Gasteiger partial charge < -0.3 is 10.6 Å². The maximum absolute atomic E-state index is 12.6. The Hall–Kier alpha value is -1.99. The van der Waals surface area contributed by atoms with E-state index in [1.807, 2.05) is 13.0 Å². The summed E-state index contributed by atoms with van der Waals surface area (Å²) in [5, 5.41) is 16.3. The fraction of sp³-hybridized carbons (Fsp3) is 0.565. The molecule has 0 aliphatic heterocycles. The summed E-state index contributed by atoms with van der Waals surface area (Å²) in [5.74, 6) is 2.23. The second kappa shape index (κ2) is 7.44. The number of halogens is 1. The SMILES string of the molecule is Cc1c(Cl)cccc1NC(=O)/C(C#N)=C\NC(C)C12CC3CC(CC(C3)C1)C2. The van der Waals surface area contributed by atoms with Gasteiger partial charge in [-0.05, 0) is 93.2 Å². The molecule has 1 aromatic rings. The van der Waals surface area contributed by atoms with E-state index >= 15 is 0 Å². The molecule has 4 bridgehead atoms. The van der Waals surface area contributed by atoms with Crippen molar-refractivity contribution in [2.24, 2.45) is 23.2 Å². The molecule has 1 amide bonds. The van der Waals surface area contributed by atoms with Crippen LogP contribution in [0.1, 0.15) is 51.0 Å². The van der Waals surface area contributed by atoms with Gasteiger partial charge in [0.25, 0.3) is 5.91 Å². The minimum absolute atomic E-state index is 0.0935. The number of hydrogen-bond donors (Lipinski definition) is 2. The zero-order chi connectivity index (χ0) is 19.9. The summed E-state index contributed by atoms with van der Waals surface area (Å²) in [6.07, 6.45) is 9.70. The van der Waals surface area contributed by atoms with Crippen molar-refractivity contribution in [2.45, 2.75) is 58.4 Å². The smallest absolute Gasteiger partial charge is 0.267 e. The fourth-order valence-electron chi connectivity index (χ4n) is 6.17. The Labute approximate surface area is 172 Å². The normalized spacial score (nSPS) is 31.9. The molecular formula is C23H28ClN3O. The summed E-state index contributed by atoms with van der Waals surface area (Å²) >= 11 is 6.12.